The molecule has 0 aliphatic carbocycles. The third-order valence-electron chi connectivity index (χ3n) is 2.31. The maximum atomic E-state index is 11.5. The van der Waals surface area contributed by atoms with Gasteiger partial charge in [-0.25, -0.2) is 0 Å². The van der Waals surface area contributed by atoms with E-state index in [9.17, 15) is 9.59 Å². The first kappa shape index (κ1) is 12.1. The molecule has 0 aromatic carbocycles. The number of thioether (sulfide) groups is 1. The third kappa shape index (κ3) is 3.92. The van der Waals surface area contributed by atoms with Gasteiger partial charge in [-0.15, -0.1) is 0 Å². The molecule has 15 heavy (non-hydrogen) atoms. The molecule has 0 aromatic rings. The van der Waals surface area contributed by atoms with E-state index < -0.39 is 0 Å². The summed E-state index contributed by atoms with van der Waals surface area (Å²) >= 11 is 1.27. The van der Waals surface area contributed by atoms with Gasteiger partial charge in [-0.2, -0.15) is 5.26 Å². The van der Waals surface area contributed by atoms with Crippen LogP contribution in [0.1, 0.15) is 19.8 Å². The van der Waals surface area contributed by atoms with Crippen molar-refractivity contribution in [2.24, 2.45) is 5.92 Å². The van der Waals surface area contributed by atoms with Crippen LogP contribution in [-0.2, 0) is 9.59 Å². The van der Waals surface area contributed by atoms with Crippen LogP contribution in [0.25, 0.3) is 0 Å². The summed E-state index contributed by atoms with van der Waals surface area (Å²) in [5, 5.41) is 8.51. The fourth-order valence-corrected chi connectivity index (χ4v) is 2.30. The van der Waals surface area contributed by atoms with Crippen molar-refractivity contribution >= 4 is 22.8 Å². The summed E-state index contributed by atoms with van der Waals surface area (Å²) in [6.07, 6.45) is 0.907. The largest absolute Gasteiger partial charge is 0.341 e. The molecule has 1 aliphatic heterocycles. The van der Waals surface area contributed by atoms with E-state index >= 15 is 0 Å². The maximum Gasteiger partial charge on any atom is 0.222 e. The highest BCUT2D eigenvalue weighted by Gasteiger charge is 2.29. The molecule has 1 atom stereocenters. The van der Waals surface area contributed by atoms with Gasteiger partial charge in [0.1, 0.15) is 0 Å². The molecule has 1 fully saturated rings. The van der Waals surface area contributed by atoms with E-state index in [2.05, 4.69) is 0 Å². The van der Waals surface area contributed by atoms with Gasteiger partial charge in [-0.3, -0.25) is 9.59 Å². The summed E-state index contributed by atoms with van der Waals surface area (Å²) in [4.78, 5) is 23.9. The number of carbonyl (C=O) groups excluding carboxylic acids is 2. The van der Waals surface area contributed by atoms with Crippen molar-refractivity contribution in [3.8, 4) is 6.07 Å². The molecule has 0 radical (unpaired) electrons. The molecule has 1 rings (SSSR count). The van der Waals surface area contributed by atoms with Crippen molar-refractivity contribution in [1.29, 1.82) is 5.26 Å². The first-order valence-electron chi connectivity index (χ1n) is 4.91. The quantitative estimate of drug-likeness (QED) is 0.718. The van der Waals surface area contributed by atoms with Gasteiger partial charge in [0.05, 0.1) is 12.5 Å². The standard InChI is InChI=1S/C10H14N2O2S/c1-8(13)15-7-9-5-10(14)12(6-9)4-2-3-11/h9H,2,4-7H2,1H3. The Morgan fingerprint density at radius 3 is 3.07 bits per heavy atom. The minimum atomic E-state index is 0.0953. The van der Waals surface area contributed by atoms with E-state index in [0.717, 1.165) is 0 Å². The molecular weight excluding hydrogens is 212 g/mol. The Kier molecular flexibility index (Phi) is 4.63. The number of carbonyl (C=O) groups is 2. The average Bonchev–Trinajstić information content (AvgIpc) is 2.53. The SMILES string of the molecule is CC(=O)SCC1CC(=O)N(CCC#N)C1. The highest BCUT2D eigenvalue weighted by atomic mass is 32.2. The lowest BCUT2D eigenvalue weighted by molar-refractivity contribution is -0.127. The molecule has 1 amide bonds. The number of nitrogens with zero attached hydrogens (tertiary/aromatic N) is 2. The zero-order chi connectivity index (χ0) is 11.3. The van der Waals surface area contributed by atoms with Gasteiger partial charge >= 0.3 is 0 Å². The number of likely N-dealkylation sites (tertiary alicyclic amines) is 1. The fourth-order valence-electron chi connectivity index (χ4n) is 1.60. The monoisotopic (exact) mass is 226 g/mol. The van der Waals surface area contributed by atoms with Gasteiger partial charge < -0.3 is 4.90 Å². The van der Waals surface area contributed by atoms with Crippen molar-refractivity contribution in [2.75, 3.05) is 18.8 Å². The molecule has 1 unspecified atom stereocenters. The van der Waals surface area contributed by atoms with Crippen LogP contribution in [0.3, 0.4) is 0 Å². The van der Waals surface area contributed by atoms with Crippen molar-refractivity contribution in [3.63, 3.8) is 0 Å². The Hall–Kier alpha value is -1.02. The second-order valence-electron chi connectivity index (χ2n) is 3.62. The van der Waals surface area contributed by atoms with Crippen molar-refractivity contribution in [3.05, 3.63) is 0 Å². The van der Waals surface area contributed by atoms with Crippen molar-refractivity contribution < 1.29 is 9.59 Å². The van der Waals surface area contributed by atoms with E-state index in [4.69, 9.17) is 5.26 Å². The summed E-state index contributed by atoms with van der Waals surface area (Å²) in [5.74, 6) is 1.09. The first-order valence-corrected chi connectivity index (χ1v) is 5.90. The zero-order valence-electron chi connectivity index (χ0n) is 8.73. The molecular formula is C10H14N2O2S. The van der Waals surface area contributed by atoms with E-state index in [1.165, 1.54) is 18.7 Å². The number of hydrogen-bond donors (Lipinski definition) is 0. The second-order valence-corrected chi connectivity index (χ2v) is 4.82. The lowest BCUT2D eigenvalue weighted by Crippen LogP contribution is -2.26. The Morgan fingerprint density at radius 1 is 1.73 bits per heavy atom. The van der Waals surface area contributed by atoms with Crippen molar-refractivity contribution in [1.82, 2.24) is 4.90 Å². The average molecular weight is 226 g/mol. The van der Waals surface area contributed by atoms with Gasteiger partial charge in [0, 0.05) is 32.2 Å². The summed E-state index contributed by atoms with van der Waals surface area (Å²) in [5.41, 5.74) is 0. The Morgan fingerprint density at radius 2 is 2.47 bits per heavy atom. The summed E-state index contributed by atoms with van der Waals surface area (Å²) in [6.45, 7) is 2.76. The molecule has 5 heteroatoms. The molecule has 1 saturated heterocycles. The molecule has 1 aliphatic rings. The number of hydrogen-bond acceptors (Lipinski definition) is 4. The molecule has 0 N–H and O–H groups in total. The van der Waals surface area contributed by atoms with E-state index in [1.54, 1.807) is 4.90 Å². The van der Waals surface area contributed by atoms with Crippen LogP contribution in [0.4, 0.5) is 0 Å². The van der Waals surface area contributed by atoms with Crippen LogP contribution in [0, 0.1) is 17.2 Å². The highest BCUT2D eigenvalue weighted by molar-refractivity contribution is 8.13. The molecule has 4 nitrogen and oxygen atoms in total. The van der Waals surface area contributed by atoms with Crippen LogP contribution in [0.2, 0.25) is 0 Å². The van der Waals surface area contributed by atoms with Gasteiger partial charge in [0.2, 0.25) is 5.91 Å². The van der Waals surface area contributed by atoms with Crippen LogP contribution in [-0.4, -0.2) is 34.8 Å². The zero-order valence-corrected chi connectivity index (χ0v) is 9.55. The fraction of sp³-hybridized carbons (Fsp3) is 0.700. The second kappa shape index (κ2) is 5.76. The molecule has 0 bridgehead atoms. The van der Waals surface area contributed by atoms with Gasteiger partial charge in [-0.05, 0) is 5.92 Å². The number of amides is 1. The molecule has 0 aromatic heterocycles. The smallest absolute Gasteiger partial charge is 0.222 e. The van der Waals surface area contributed by atoms with Crippen LogP contribution < -0.4 is 0 Å². The van der Waals surface area contributed by atoms with Gasteiger partial charge in [-0.1, -0.05) is 11.8 Å². The minimum absolute atomic E-state index is 0.0953. The topological polar surface area (TPSA) is 61.2 Å². The van der Waals surface area contributed by atoms with E-state index in [1.807, 2.05) is 6.07 Å². The highest BCUT2D eigenvalue weighted by Crippen LogP contribution is 2.22. The van der Waals surface area contributed by atoms with Gasteiger partial charge in [0.15, 0.2) is 5.12 Å². The number of rotatable bonds is 4. The lowest BCUT2D eigenvalue weighted by Gasteiger charge is -2.14. The van der Waals surface area contributed by atoms with Crippen molar-refractivity contribution in [2.45, 2.75) is 19.8 Å². The molecule has 82 valence electrons. The maximum absolute atomic E-state index is 11.5. The predicted octanol–water partition coefficient (Wildman–Crippen LogP) is 1.03. The lowest BCUT2D eigenvalue weighted by atomic mass is 10.1. The predicted molar refractivity (Wildman–Crippen MR) is 58.1 cm³/mol. The molecule has 1 heterocycles. The molecule has 0 spiro atoms. The number of nitriles is 1. The Balaban J connectivity index is 2.32. The normalized spacial score (nSPS) is 20.4. The third-order valence-corrected chi connectivity index (χ3v) is 3.36. The van der Waals surface area contributed by atoms with Crippen LogP contribution >= 0.6 is 11.8 Å². The summed E-state index contributed by atoms with van der Waals surface area (Å²) in [6, 6.07) is 2.03. The van der Waals surface area contributed by atoms with Crippen LogP contribution in [0.5, 0.6) is 0 Å². The first-order chi connectivity index (χ1) is 7.13. The van der Waals surface area contributed by atoms with E-state index in [0.29, 0.717) is 31.7 Å². The van der Waals surface area contributed by atoms with Crippen LogP contribution in [0.15, 0.2) is 0 Å². The Labute approximate surface area is 93.6 Å². The van der Waals surface area contributed by atoms with Gasteiger partial charge in [0.25, 0.3) is 0 Å². The van der Waals surface area contributed by atoms with E-state index in [-0.39, 0.29) is 16.9 Å². The Bertz CT molecular complexity index is 298. The summed E-state index contributed by atoms with van der Waals surface area (Å²) in [7, 11) is 0. The minimum Gasteiger partial charge on any atom is -0.341 e. The summed E-state index contributed by atoms with van der Waals surface area (Å²) < 4.78 is 0. The molecule has 0 saturated carbocycles.